The van der Waals surface area contributed by atoms with Gasteiger partial charge in [0.1, 0.15) is 5.71 Å². The zero-order valence-electron chi connectivity index (χ0n) is 24.9. The molecule has 1 aromatic heterocycles. The number of rotatable bonds is 8. The Morgan fingerprint density at radius 3 is 2.60 bits per heavy atom. The number of likely N-dealkylation sites (N-methyl/N-ethyl adjacent to an activating group) is 1. The predicted octanol–water partition coefficient (Wildman–Crippen LogP) is 3.71. The van der Waals surface area contributed by atoms with E-state index in [1.54, 1.807) is 0 Å². The molecule has 8 heteroatoms. The van der Waals surface area contributed by atoms with Crippen LogP contribution in [0, 0.1) is 11.3 Å². The van der Waals surface area contributed by atoms with Crippen LogP contribution in [-0.4, -0.2) is 79.1 Å². The van der Waals surface area contributed by atoms with Crippen molar-refractivity contribution < 1.29 is 9.59 Å². The molecule has 0 bridgehead atoms. The van der Waals surface area contributed by atoms with E-state index in [9.17, 15) is 9.59 Å². The molecule has 3 aliphatic rings. The summed E-state index contributed by atoms with van der Waals surface area (Å²) in [5.74, 6) is 0.384. The highest BCUT2D eigenvalue weighted by atomic mass is 16.2. The summed E-state index contributed by atoms with van der Waals surface area (Å²) in [5, 5.41) is 6.34. The number of hydrogen-bond acceptors (Lipinski definition) is 6. The van der Waals surface area contributed by atoms with Crippen LogP contribution in [0.2, 0.25) is 0 Å². The highest BCUT2D eigenvalue weighted by molar-refractivity contribution is 6.40. The summed E-state index contributed by atoms with van der Waals surface area (Å²) in [4.78, 5) is 40.4. The van der Waals surface area contributed by atoms with Crippen LogP contribution >= 0.6 is 0 Å². The largest absolute Gasteiger partial charge is 0.347 e. The average Bonchev–Trinajstić information content (AvgIpc) is 3.30. The van der Waals surface area contributed by atoms with Crippen LogP contribution in [0.5, 0.6) is 0 Å². The van der Waals surface area contributed by atoms with Crippen LogP contribution in [-0.2, 0) is 24.1 Å². The Hall–Kier alpha value is -3.10. The molecule has 1 aliphatic carbocycles. The number of carbonyl (C=O) groups is 2. The number of hydrogen-bond donors (Lipinski definition) is 2. The van der Waals surface area contributed by atoms with Crippen molar-refractivity contribution in [1.29, 1.82) is 0 Å². The first-order valence-electron chi connectivity index (χ1n) is 14.6. The van der Waals surface area contributed by atoms with E-state index in [0.717, 1.165) is 62.3 Å². The number of carbonyl (C=O) groups excluding carboxylic acids is 2. The predicted molar refractivity (Wildman–Crippen MR) is 159 cm³/mol. The van der Waals surface area contributed by atoms with Crippen LogP contribution in [0.15, 0.2) is 35.3 Å². The average molecular weight is 545 g/mol. The van der Waals surface area contributed by atoms with E-state index >= 15 is 0 Å². The van der Waals surface area contributed by atoms with Crippen LogP contribution in [0.1, 0.15) is 72.5 Å². The molecular formula is C32H44N6O2. The van der Waals surface area contributed by atoms with Crippen molar-refractivity contribution >= 4 is 23.2 Å². The van der Waals surface area contributed by atoms with Crippen LogP contribution in [0.3, 0.4) is 0 Å². The van der Waals surface area contributed by atoms with E-state index in [-0.39, 0.29) is 29.3 Å². The first kappa shape index (κ1) is 28.4. The quantitative estimate of drug-likeness (QED) is 0.529. The molecule has 2 aliphatic heterocycles. The number of aryl methyl sites for hydroxylation is 1. The van der Waals surface area contributed by atoms with Gasteiger partial charge in [-0.3, -0.25) is 14.6 Å². The van der Waals surface area contributed by atoms with Crippen molar-refractivity contribution in [2.24, 2.45) is 16.3 Å². The number of benzene rings is 1. The van der Waals surface area contributed by atoms with Crippen LogP contribution in [0.25, 0.3) is 0 Å². The van der Waals surface area contributed by atoms with Crippen molar-refractivity contribution in [2.45, 2.75) is 65.0 Å². The van der Waals surface area contributed by atoms with Gasteiger partial charge < -0.3 is 20.4 Å². The van der Waals surface area contributed by atoms with Crippen LogP contribution in [0.4, 0.5) is 5.69 Å². The fourth-order valence-corrected chi connectivity index (χ4v) is 6.04. The van der Waals surface area contributed by atoms with E-state index in [1.165, 1.54) is 11.3 Å². The zero-order valence-corrected chi connectivity index (χ0v) is 24.9. The lowest BCUT2D eigenvalue weighted by molar-refractivity contribution is -0.115. The Balaban J connectivity index is 1.30. The molecule has 1 saturated heterocycles. The maximum absolute atomic E-state index is 13.5. The summed E-state index contributed by atoms with van der Waals surface area (Å²) in [6.07, 6.45) is 4.33. The standard InChI is InChI=1S/C32H44N6O2/c1-32(2,3)23-10-11-25-22(15-23)16-27-28(34-25)17-29(35-27)31(40)36-26(12-13-37(4)5)20-8-7-9-21(14-20)30(39)33-24-18-38(6)19-24/h7-9,14,16,23-24,26H,10-13,15,17-19H2,1-6H3,(H,33,39)(H,36,40)/t23-,26+/m0/s1. The van der Waals surface area contributed by atoms with Crippen molar-refractivity contribution in [3.63, 3.8) is 0 Å². The van der Waals surface area contributed by atoms with Gasteiger partial charge >= 0.3 is 0 Å². The summed E-state index contributed by atoms with van der Waals surface area (Å²) in [6, 6.07) is 9.74. The molecular weight excluding hydrogens is 500 g/mol. The van der Waals surface area contributed by atoms with Crippen LogP contribution < -0.4 is 10.6 Å². The molecule has 8 nitrogen and oxygen atoms in total. The van der Waals surface area contributed by atoms with Gasteiger partial charge in [0.05, 0.1) is 23.5 Å². The minimum atomic E-state index is -0.238. The van der Waals surface area contributed by atoms with Gasteiger partial charge in [-0.15, -0.1) is 0 Å². The molecule has 5 rings (SSSR count). The molecule has 0 radical (unpaired) electrons. The molecule has 40 heavy (non-hydrogen) atoms. The minimum absolute atomic E-state index is 0.0722. The van der Waals surface area contributed by atoms with Gasteiger partial charge in [0.15, 0.2) is 0 Å². The van der Waals surface area contributed by atoms with Crippen molar-refractivity contribution in [2.75, 3.05) is 40.8 Å². The van der Waals surface area contributed by atoms with Gasteiger partial charge in [-0.2, -0.15) is 0 Å². The summed E-state index contributed by atoms with van der Waals surface area (Å²) < 4.78 is 0. The van der Waals surface area contributed by atoms with Gasteiger partial charge in [0, 0.05) is 30.8 Å². The first-order chi connectivity index (χ1) is 19.0. The van der Waals surface area contributed by atoms with E-state index < -0.39 is 0 Å². The van der Waals surface area contributed by atoms with E-state index in [0.29, 0.717) is 23.6 Å². The Morgan fingerprint density at radius 2 is 1.90 bits per heavy atom. The monoisotopic (exact) mass is 544 g/mol. The third-order valence-corrected chi connectivity index (χ3v) is 8.64. The second-order valence-corrected chi connectivity index (χ2v) is 13.2. The molecule has 2 atom stereocenters. The summed E-state index contributed by atoms with van der Waals surface area (Å²) in [7, 11) is 6.09. The van der Waals surface area contributed by atoms with Crippen molar-refractivity contribution in [1.82, 2.24) is 25.4 Å². The topological polar surface area (TPSA) is 89.9 Å². The number of pyridine rings is 1. The maximum atomic E-state index is 13.5. The maximum Gasteiger partial charge on any atom is 0.266 e. The van der Waals surface area contributed by atoms with Crippen molar-refractivity contribution in [3.8, 4) is 0 Å². The minimum Gasteiger partial charge on any atom is -0.347 e. The molecule has 2 amide bonds. The van der Waals surface area contributed by atoms with E-state index in [1.807, 2.05) is 45.4 Å². The Labute approximate surface area is 238 Å². The normalized spacial score (nSPS) is 19.9. The highest BCUT2D eigenvalue weighted by Crippen LogP contribution is 2.39. The Morgan fingerprint density at radius 1 is 1.12 bits per heavy atom. The Bertz CT molecular complexity index is 1300. The molecule has 2 aromatic rings. The zero-order chi connectivity index (χ0) is 28.6. The third-order valence-electron chi connectivity index (χ3n) is 8.64. The number of nitrogens with one attached hydrogen (secondary N) is 2. The summed E-state index contributed by atoms with van der Waals surface area (Å²) in [6.45, 7) is 9.47. The fourth-order valence-electron chi connectivity index (χ4n) is 6.04. The van der Waals surface area contributed by atoms with Gasteiger partial charge in [0.25, 0.3) is 11.8 Å². The first-order valence-corrected chi connectivity index (χ1v) is 14.6. The molecule has 214 valence electrons. The molecule has 0 spiro atoms. The second-order valence-electron chi connectivity index (χ2n) is 13.2. The molecule has 2 N–H and O–H groups in total. The van der Waals surface area contributed by atoms with Crippen molar-refractivity contribution in [3.05, 3.63) is 58.4 Å². The fraction of sp³-hybridized carbons (Fsp3) is 0.562. The second kappa shape index (κ2) is 11.4. The number of aliphatic imine (C=N–C) groups is 1. The number of fused-ring (bicyclic) bond motifs is 2. The smallest absolute Gasteiger partial charge is 0.266 e. The Kier molecular flexibility index (Phi) is 8.11. The number of nitrogens with zero attached hydrogens (tertiary/aromatic N) is 4. The van der Waals surface area contributed by atoms with Gasteiger partial charge in [-0.05, 0) is 94.0 Å². The number of likely N-dealkylation sites (tertiary alicyclic amines) is 1. The lowest BCUT2D eigenvalue weighted by Crippen LogP contribution is -2.57. The molecule has 0 unspecified atom stereocenters. The van der Waals surface area contributed by atoms with Gasteiger partial charge in [-0.25, -0.2) is 4.99 Å². The molecule has 0 saturated carbocycles. The number of aromatic nitrogens is 1. The molecule has 1 fully saturated rings. The summed E-state index contributed by atoms with van der Waals surface area (Å²) in [5.41, 5.74) is 6.50. The van der Waals surface area contributed by atoms with Gasteiger partial charge in [-0.1, -0.05) is 32.9 Å². The van der Waals surface area contributed by atoms with Gasteiger partial charge in [0.2, 0.25) is 0 Å². The molecule has 3 heterocycles. The SMILES string of the molecule is CN(C)CC[C@@H](NC(=O)C1=Nc2cc3c(nc2C1)CC[C@H](C(C)(C)C)C3)c1cccc(C(=O)NC2CN(C)C2)c1. The lowest BCUT2D eigenvalue weighted by atomic mass is 9.71. The third kappa shape index (κ3) is 6.44. The highest BCUT2D eigenvalue weighted by Gasteiger charge is 2.32. The number of amides is 2. The lowest BCUT2D eigenvalue weighted by Gasteiger charge is -2.36. The van der Waals surface area contributed by atoms with E-state index in [2.05, 4.69) is 47.3 Å². The molecule has 1 aromatic carbocycles. The van der Waals surface area contributed by atoms with E-state index in [4.69, 9.17) is 9.98 Å². The summed E-state index contributed by atoms with van der Waals surface area (Å²) >= 11 is 0.